The third-order valence-electron chi connectivity index (χ3n) is 2.60. The van der Waals surface area contributed by atoms with E-state index in [0.717, 1.165) is 11.5 Å². The molecular formula is C12H21NO2P+. The summed E-state index contributed by atoms with van der Waals surface area (Å²) < 4.78 is 13.9. The molecule has 2 aliphatic heterocycles. The zero-order valence-electron chi connectivity index (χ0n) is 10.9. The van der Waals surface area contributed by atoms with E-state index in [4.69, 9.17) is 9.05 Å². The molecule has 0 fully saturated rings. The first kappa shape index (κ1) is 11.8. The van der Waals surface area contributed by atoms with Gasteiger partial charge < -0.3 is 0 Å². The first-order valence-corrected chi connectivity index (χ1v) is 6.90. The van der Waals surface area contributed by atoms with Gasteiger partial charge in [0.2, 0.25) is 0 Å². The number of hydrogen-bond acceptors (Lipinski definition) is 3. The van der Waals surface area contributed by atoms with Crippen LogP contribution in [0, 0.1) is 10.8 Å². The second kappa shape index (κ2) is 3.40. The highest BCUT2D eigenvalue weighted by Gasteiger charge is 2.47. The Labute approximate surface area is 99.1 Å². The molecule has 90 valence electrons. The lowest BCUT2D eigenvalue weighted by Crippen LogP contribution is -2.11. The Hall–Kier alpha value is -0.690. The van der Waals surface area contributed by atoms with Crippen LogP contribution >= 0.6 is 8.53 Å². The Kier molecular flexibility index (Phi) is 2.50. The van der Waals surface area contributed by atoms with Crippen molar-refractivity contribution in [3.05, 3.63) is 23.9 Å². The van der Waals surface area contributed by atoms with Gasteiger partial charge in [-0.2, -0.15) is 4.67 Å². The van der Waals surface area contributed by atoms with E-state index in [2.05, 4.69) is 58.6 Å². The molecule has 2 aliphatic rings. The van der Waals surface area contributed by atoms with Gasteiger partial charge in [0.05, 0.1) is 12.4 Å². The van der Waals surface area contributed by atoms with E-state index in [1.54, 1.807) is 0 Å². The summed E-state index contributed by atoms with van der Waals surface area (Å²) in [5.74, 6) is 2.04. The number of hydrogen-bond donors (Lipinski definition) is 0. The molecule has 2 rings (SSSR count). The lowest BCUT2D eigenvalue weighted by molar-refractivity contribution is 0.259. The zero-order valence-corrected chi connectivity index (χ0v) is 11.9. The van der Waals surface area contributed by atoms with E-state index < -0.39 is 8.53 Å². The van der Waals surface area contributed by atoms with Crippen molar-refractivity contribution in [2.45, 2.75) is 41.5 Å². The highest BCUT2D eigenvalue weighted by atomic mass is 31.2. The van der Waals surface area contributed by atoms with Gasteiger partial charge in [0.25, 0.3) is 0 Å². The SMILES string of the molecule is CC(C)(C)C1=CN2C=C(C(C)(C)C)O[PH+]2O1. The molecule has 0 aromatic heterocycles. The first-order chi connectivity index (χ1) is 7.18. The summed E-state index contributed by atoms with van der Waals surface area (Å²) in [6.45, 7) is 12.9. The van der Waals surface area contributed by atoms with E-state index >= 15 is 0 Å². The van der Waals surface area contributed by atoms with Crippen LogP contribution in [0.25, 0.3) is 0 Å². The van der Waals surface area contributed by atoms with Crippen LogP contribution in [0.5, 0.6) is 0 Å². The Bertz CT molecular complexity index is 326. The molecule has 0 radical (unpaired) electrons. The summed E-state index contributed by atoms with van der Waals surface area (Å²) >= 11 is 0. The Balaban J connectivity index is 2.18. The van der Waals surface area contributed by atoms with Gasteiger partial charge in [-0.1, -0.05) is 41.5 Å². The third-order valence-corrected chi connectivity index (χ3v) is 4.07. The number of fused-ring (bicyclic) bond motifs is 1. The molecule has 0 aromatic rings. The van der Waals surface area contributed by atoms with Crippen molar-refractivity contribution in [1.82, 2.24) is 4.67 Å². The Morgan fingerprint density at radius 1 is 0.875 bits per heavy atom. The minimum absolute atomic E-state index is 0.0566. The fraction of sp³-hybridized carbons (Fsp3) is 0.667. The largest absolute Gasteiger partial charge is 0.451 e. The Morgan fingerprint density at radius 2 is 1.25 bits per heavy atom. The average Bonchev–Trinajstić information content (AvgIpc) is 2.53. The molecular weight excluding hydrogens is 221 g/mol. The monoisotopic (exact) mass is 242 g/mol. The van der Waals surface area contributed by atoms with Crippen molar-refractivity contribution in [3.63, 3.8) is 0 Å². The maximum atomic E-state index is 5.89. The second-order valence-corrected chi connectivity index (χ2v) is 7.82. The third kappa shape index (κ3) is 2.06. The van der Waals surface area contributed by atoms with Crippen molar-refractivity contribution in [3.8, 4) is 0 Å². The van der Waals surface area contributed by atoms with Crippen LogP contribution in [0.4, 0.5) is 0 Å². The summed E-state index contributed by atoms with van der Waals surface area (Å²) in [7, 11) is -1.33. The predicted molar refractivity (Wildman–Crippen MR) is 67.4 cm³/mol. The van der Waals surface area contributed by atoms with Gasteiger partial charge >= 0.3 is 8.53 Å². The smallest absolute Gasteiger partial charge is 0.289 e. The van der Waals surface area contributed by atoms with Gasteiger partial charge in [-0.05, 0) is 0 Å². The van der Waals surface area contributed by atoms with Crippen LogP contribution in [0.15, 0.2) is 23.9 Å². The lowest BCUT2D eigenvalue weighted by Gasteiger charge is -2.18. The topological polar surface area (TPSA) is 21.7 Å². The van der Waals surface area contributed by atoms with Gasteiger partial charge in [-0.3, -0.25) is 9.05 Å². The molecule has 0 spiro atoms. The summed E-state index contributed by atoms with van der Waals surface area (Å²) in [5.41, 5.74) is 0.113. The van der Waals surface area contributed by atoms with Crippen molar-refractivity contribution in [2.24, 2.45) is 10.8 Å². The van der Waals surface area contributed by atoms with Crippen LogP contribution in [0.2, 0.25) is 0 Å². The zero-order chi connectivity index (χ0) is 12.1. The summed E-state index contributed by atoms with van der Waals surface area (Å²) in [6.07, 6.45) is 4.15. The number of allylic oxidation sites excluding steroid dienone is 2. The van der Waals surface area contributed by atoms with E-state index in [-0.39, 0.29) is 10.8 Å². The molecule has 0 saturated heterocycles. The molecule has 0 N–H and O–H groups in total. The van der Waals surface area contributed by atoms with Gasteiger partial charge in [0, 0.05) is 10.8 Å². The van der Waals surface area contributed by atoms with Crippen molar-refractivity contribution in [2.75, 3.05) is 0 Å². The molecule has 0 amide bonds. The predicted octanol–water partition coefficient (Wildman–Crippen LogP) is 4.08. The van der Waals surface area contributed by atoms with Crippen molar-refractivity contribution in [1.29, 1.82) is 0 Å². The van der Waals surface area contributed by atoms with E-state index in [9.17, 15) is 0 Å². The van der Waals surface area contributed by atoms with Crippen LogP contribution < -0.4 is 0 Å². The molecule has 0 aromatic carbocycles. The molecule has 2 heterocycles. The molecule has 0 aliphatic carbocycles. The number of nitrogens with zero attached hydrogens (tertiary/aromatic N) is 1. The quantitative estimate of drug-likeness (QED) is 0.597. The van der Waals surface area contributed by atoms with Crippen molar-refractivity contribution < 1.29 is 9.05 Å². The highest BCUT2D eigenvalue weighted by Crippen LogP contribution is 2.60. The summed E-state index contributed by atoms with van der Waals surface area (Å²) in [4.78, 5) is 0. The van der Waals surface area contributed by atoms with E-state index in [0.29, 0.717) is 0 Å². The van der Waals surface area contributed by atoms with Crippen LogP contribution in [-0.4, -0.2) is 4.67 Å². The van der Waals surface area contributed by atoms with Crippen molar-refractivity contribution >= 4 is 8.53 Å². The normalized spacial score (nSPS) is 21.2. The van der Waals surface area contributed by atoms with E-state index in [1.165, 1.54) is 0 Å². The lowest BCUT2D eigenvalue weighted by atomic mass is 9.94. The summed E-state index contributed by atoms with van der Waals surface area (Å²) in [5, 5.41) is 0. The van der Waals surface area contributed by atoms with Gasteiger partial charge in [0.1, 0.15) is 0 Å². The van der Waals surface area contributed by atoms with Crippen LogP contribution in [-0.2, 0) is 9.05 Å². The minimum atomic E-state index is -1.33. The Morgan fingerprint density at radius 3 is 1.50 bits per heavy atom. The molecule has 16 heavy (non-hydrogen) atoms. The van der Waals surface area contributed by atoms with E-state index in [1.807, 2.05) is 0 Å². The average molecular weight is 242 g/mol. The summed E-state index contributed by atoms with van der Waals surface area (Å²) in [6, 6.07) is 0. The standard InChI is InChI=1S/C12H20NO2P/c1-11(2,3)9-7-13-8-10(12(4,5)6)15-16(13)14-9/h7-8H,1-6H3/p+1. The number of rotatable bonds is 0. The maximum Gasteiger partial charge on any atom is 0.451 e. The van der Waals surface area contributed by atoms with Crippen LogP contribution in [0.1, 0.15) is 41.5 Å². The highest BCUT2D eigenvalue weighted by molar-refractivity contribution is 7.45. The van der Waals surface area contributed by atoms with Crippen LogP contribution in [0.3, 0.4) is 0 Å². The molecule has 0 bridgehead atoms. The van der Waals surface area contributed by atoms with Gasteiger partial charge in [-0.25, -0.2) is 0 Å². The van der Waals surface area contributed by atoms with Gasteiger partial charge in [0.15, 0.2) is 11.5 Å². The van der Waals surface area contributed by atoms with Gasteiger partial charge in [-0.15, -0.1) is 0 Å². The maximum absolute atomic E-state index is 5.89. The first-order valence-electron chi connectivity index (χ1n) is 5.63. The molecule has 3 nitrogen and oxygen atoms in total. The minimum Gasteiger partial charge on any atom is -0.289 e. The second-order valence-electron chi connectivity index (χ2n) is 6.36. The molecule has 4 heteroatoms. The fourth-order valence-corrected chi connectivity index (χ4v) is 3.25. The fourth-order valence-electron chi connectivity index (χ4n) is 1.46. The molecule has 0 unspecified atom stereocenters. The molecule has 0 saturated carbocycles. The molecule has 0 atom stereocenters.